The summed E-state index contributed by atoms with van der Waals surface area (Å²) in [6.45, 7) is 1.80. The van der Waals surface area contributed by atoms with Crippen LogP contribution >= 0.6 is 11.6 Å². The van der Waals surface area contributed by atoms with Crippen molar-refractivity contribution in [1.29, 1.82) is 0 Å². The molecule has 0 aliphatic heterocycles. The molecule has 4 rings (SSSR count). The highest BCUT2D eigenvalue weighted by molar-refractivity contribution is 6.30. The topological polar surface area (TPSA) is 76.7 Å². The van der Waals surface area contributed by atoms with Crippen LogP contribution in [0, 0.1) is 6.92 Å². The van der Waals surface area contributed by atoms with E-state index in [-0.39, 0.29) is 6.61 Å². The van der Waals surface area contributed by atoms with Crippen LogP contribution in [0.25, 0.3) is 22.2 Å². The van der Waals surface area contributed by atoms with Crippen LogP contribution in [0.3, 0.4) is 0 Å². The average Bonchev–Trinajstić information content (AvgIpc) is 3.22. The van der Waals surface area contributed by atoms with Gasteiger partial charge in [-0.2, -0.15) is 5.10 Å². The number of furan rings is 1. The monoisotopic (exact) mass is 419 g/mol. The van der Waals surface area contributed by atoms with Gasteiger partial charge in [0.2, 0.25) is 0 Å². The molecule has 1 amide bonds. The van der Waals surface area contributed by atoms with E-state index in [0.717, 1.165) is 16.5 Å². The predicted molar refractivity (Wildman–Crippen MR) is 117 cm³/mol. The number of carbonyl (C=O) groups excluding carboxylic acids is 1. The van der Waals surface area contributed by atoms with Crippen molar-refractivity contribution in [3.8, 4) is 17.1 Å². The Bertz CT molecular complexity index is 1230. The average molecular weight is 420 g/mol. The fourth-order valence-corrected chi connectivity index (χ4v) is 3.13. The summed E-state index contributed by atoms with van der Waals surface area (Å²) in [7, 11) is 0. The first-order chi connectivity index (χ1) is 14.6. The summed E-state index contributed by atoms with van der Waals surface area (Å²) in [6.07, 6.45) is 3.11. The van der Waals surface area contributed by atoms with Crippen molar-refractivity contribution in [2.24, 2.45) is 5.10 Å². The summed E-state index contributed by atoms with van der Waals surface area (Å²) in [5, 5.41) is 5.50. The van der Waals surface area contributed by atoms with Crippen molar-refractivity contribution < 1.29 is 13.9 Å². The molecule has 2 aromatic heterocycles. The fraction of sp³-hybridized carbons (Fsp3) is 0.0870. The lowest BCUT2D eigenvalue weighted by Crippen LogP contribution is -2.24. The van der Waals surface area contributed by atoms with Crippen LogP contribution < -0.4 is 10.2 Å². The van der Waals surface area contributed by atoms with Crippen molar-refractivity contribution in [3.05, 3.63) is 83.2 Å². The molecule has 2 heterocycles. The number of halogens is 1. The van der Waals surface area contributed by atoms with E-state index in [1.54, 1.807) is 18.3 Å². The quantitative estimate of drug-likeness (QED) is 0.353. The predicted octanol–water partition coefficient (Wildman–Crippen LogP) is 4.99. The largest absolute Gasteiger partial charge is 0.481 e. The first-order valence-corrected chi connectivity index (χ1v) is 9.63. The molecule has 4 aromatic rings. The van der Waals surface area contributed by atoms with Gasteiger partial charge in [0.25, 0.3) is 5.91 Å². The van der Waals surface area contributed by atoms with E-state index < -0.39 is 5.91 Å². The SMILES string of the molecule is Cc1ccc(Cl)cc1-c1ccc(/C=N/NC(=O)COc2cccc3cccnc23)o1. The maximum atomic E-state index is 12.0. The third-order valence-electron chi connectivity index (χ3n) is 4.43. The number of para-hydroxylation sites is 1. The van der Waals surface area contributed by atoms with Gasteiger partial charge < -0.3 is 9.15 Å². The third-order valence-corrected chi connectivity index (χ3v) is 4.66. The van der Waals surface area contributed by atoms with Gasteiger partial charge >= 0.3 is 0 Å². The first kappa shape index (κ1) is 19.7. The summed E-state index contributed by atoms with van der Waals surface area (Å²) >= 11 is 6.07. The van der Waals surface area contributed by atoms with Gasteiger partial charge in [-0.1, -0.05) is 35.9 Å². The molecule has 30 heavy (non-hydrogen) atoms. The highest BCUT2D eigenvalue weighted by Gasteiger charge is 2.08. The van der Waals surface area contributed by atoms with Crippen molar-refractivity contribution >= 4 is 34.6 Å². The Morgan fingerprint density at radius 1 is 1.20 bits per heavy atom. The fourth-order valence-electron chi connectivity index (χ4n) is 2.96. The third kappa shape index (κ3) is 4.50. The number of ether oxygens (including phenoxy) is 1. The smallest absolute Gasteiger partial charge is 0.277 e. The summed E-state index contributed by atoms with van der Waals surface area (Å²) in [4.78, 5) is 16.3. The molecule has 0 aliphatic rings. The lowest BCUT2D eigenvalue weighted by molar-refractivity contribution is -0.123. The summed E-state index contributed by atoms with van der Waals surface area (Å²) < 4.78 is 11.4. The molecular formula is C23H18ClN3O3. The molecule has 0 aliphatic carbocycles. The molecule has 0 unspecified atom stereocenters. The molecule has 7 heteroatoms. The Hall–Kier alpha value is -3.64. The minimum absolute atomic E-state index is 0.182. The van der Waals surface area contributed by atoms with E-state index in [2.05, 4.69) is 15.5 Å². The molecule has 0 fully saturated rings. The number of carbonyl (C=O) groups is 1. The normalized spacial score (nSPS) is 11.1. The molecule has 150 valence electrons. The summed E-state index contributed by atoms with van der Waals surface area (Å²) in [6, 6.07) is 18.5. The minimum atomic E-state index is -0.392. The van der Waals surface area contributed by atoms with E-state index in [9.17, 15) is 4.79 Å². The van der Waals surface area contributed by atoms with Gasteiger partial charge in [-0.25, -0.2) is 5.43 Å². The van der Waals surface area contributed by atoms with Crippen LogP contribution in [0.4, 0.5) is 0 Å². The van der Waals surface area contributed by atoms with Crippen molar-refractivity contribution in [1.82, 2.24) is 10.4 Å². The Kier molecular flexibility index (Phi) is 5.77. The number of hydrogen-bond donors (Lipinski definition) is 1. The second-order valence-corrected chi connectivity index (χ2v) is 7.01. The Morgan fingerprint density at radius 3 is 2.97 bits per heavy atom. The molecule has 0 atom stereocenters. The molecule has 6 nitrogen and oxygen atoms in total. The van der Waals surface area contributed by atoms with Gasteiger partial charge in [-0.15, -0.1) is 0 Å². The van der Waals surface area contributed by atoms with E-state index in [1.807, 2.05) is 55.5 Å². The molecule has 0 spiro atoms. The van der Waals surface area contributed by atoms with Gasteiger partial charge in [0.05, 0.1) is 6.21 Å². The molecule has 2 aromatic carbocycles. The number of aromatic nitrogens is 1. The minimum Gasteiger partial charge on any atom is -0.481 e. The number of fused-ring (bicyclic) bond motifs is 1. The Balaban J connectivity index is 1.35. The number of hydrazone groups is 1. The number of rotatable bonds is 6. The molecule has 0 bridgehead atoms. The zero-order chi connectivity index (χ0) is 20.9. The zero-order valence-electron chi connectivity index (χ0n) is 16.1. The van der Waals surface area contributed by atoms with Gasteiger partial charge in [0.1, 0.15) is 22.8 Å². The highest BCUT2D eigenvalue weighted by atomic mass is 35.5. The number of hydrogen-bond acceptors (Lipinski definition) is 5. The molecule has 1 N–H and O–H groups in total. The van der Waals surface area contributed by atoms with Gasteiger partial charge in [-0.3, -0.25) is 9.78 Å². The molecule has 0 radical (unpaired) electrons. The van der Waals surface area contributed by atoms with Gasteiger partial charge in [0, 0.05) is 22.2 Å². The Labute approximate surface area is 178 Å². The first-order valence-electron chi connectivity index (χ1n) is 9.25. The number of nitrogens with one attached hydrogen (secondary N) is 1. The number of amides is 1. The van der Waals surface area contributed by atoms with Crippen molar-refractivity contribution in [2.75, 3.05) is 6.61 Å². The van der Waals surface area contributed by atoms with Crippen LogP contribution in [-0.4, -0.2) is 23.7 Å². The molecule has 0 saturated carbocycles. The van der Waals surface area contributed by atoms with Crippen LogP contribution in [0.15, 0.2) is 76.4 Å². The molecular weight excluding hydrogens is 402 g/mol. The van der Waals surface area contributed by atoms with E-state index in [0.29, 0.717) is 27.8 Å². The van der Waals surface area contributed by atoms with Crippen LogP contribution in [0.1, 0.15) is 11.3 Å². The van der Waals surface area contributed by atoms with E-state index in [4.69, 9.17) is 20.8 Å². The van der Waals surface area contributed by atoms with Crippen LogP contribution in [0.5, 0.6) is 5.75 Å². The number of aryl methyl sites for hydroxylation is 1. The van der Waals surface area contributed by atoms with E-state index >= 15 is 0 Å². The lowest BCUT2D eigenvalue weighted by Gasteiger charge is -2.07. The van der Waals surface area contributed by atoms with E-state index in [1.165, 1.54) is 6.21 Å². The van der Waals surface area contributed by atoms with Crippen LogP contribution in [0.2, 0.25) is 5.02 Å². The number of benzene rings is 2. The Morgan fingerprint density at radius 2 is 2.07 bits per heavy atom. The maximum absolute atomic E-state index is 12.0. The van der Waals surface area contributed by atoms with Crippen molar-refractivity contribution in [3.63, 3.8) is 0 Å². The molecule has 0 saturated heterocycles. The van der Waals surface area contributed by atoms with Crippen molar-refractivity contribution in [2.45, 2.75) is 6.92 Å². The number of pyridine rings is 1. The summed E-state index contributed by atoms with van der Waals surface area (Å²) in [5.74, 6) is 1.33. The second kappa shape index (κ2) is 8.80. The summed E-state index contributed by atoms with van der Waals surface area (Å²) in [5.41, 5.74) is 5.08. The van der Waals surface area contributed by atoms with Gasteiger partial charge in [0.15, 0.2) is 6.61 Å². The second-order valence-electron chi connectivity index (χ2n) is 6.57. The van der Waals surface area contributed by atoms with Gasteiger partial charge in [-0.05, 0) is 48.9 Å². The standard InChI is InChI=1S/C23H18ClN3O3/c1-15-7-8-17(24)12-19(15)20-10-9-18(30-20)13-26-27-22(28)14-29-21-6-2-4-16-5-3-11-25-23(16)21/h2-13H,14H2,1H3,(H,27,28)/b26-13+. The number of nitrogens with zero attached hydrogens (tertiary/aromatic N) is 2. The zero-order valence-corrected chi connectivity index (χ0v) is 16.9. The highest BCUT2D eigenvalue weighted by Crippen LogP contribution is 2.28. The lowest BCUT2D eigenvalue weighted by atomic mass is 10.1. The maximum Gasteiger partial charge on any atom is 0.277 e. The van der Waals surface area contributed by atoms with Crippen LogP contribution in [-0.2, 0) is 4.79 Å².